The summed E-state index contributed by atoms with van der Waals surface area (Å²) in [5.41, 5.74) is 1.13. The van der Waals surface area contributed by atoms with Crippen molar-refractivity contribution in [2.45, 2.75) is 32.2 Å². The van der Waals surface area contributed by atoms with Crippen molar-refractivity contribution < 1.29 is 9.18 Å². The van der Waals surface area contributed by atoms with Gasteiger partial charge in [0.15, 0.2) is 11.6 Å². The van der Waals surface area contributed by atoms with Crippen LogP contribution < -0.4 is 4.90 Å². The first-order chi connectivity index (χ1) is 12.6. The second-order valence-electron chi connectivity index (χ2n) is 6.26. The van der Waals surface area contributed by atoms with E-state index < -0.39 is 0 Å². The summed E-state index contributed by atoms with van der Waals surface area (Å²) in [5, 5.41) is 0.269. The second kappa shape index (κ2) is 6.64. The summed E-state index contributed by atoms with van der Waals surface area (Å²) in [4.78, 5) is 27.3. The van der Waals surface area contributed by atoms with Crippen LogP contribution in [0.15, 0.2) is 30.6 Å². The van der Waals surface area contributed by atoms with Gasteiger partial charge < -0.3 is 4.90 Å². The normalized spacial score (nSPS) is 17.2. The lowest BCUT2D eigenvalue weighted by Gasteiger charge is -2.24. The molecule has 0 saturated carbocycles. The topological polar surface area (TPSA) is 63.4 Å². The minimum atomic E-state index is -0.382. The second-order valence-corrected chi connectivity index (χ2v) is 6.65. The number of halogens is 2. The SMILES string of the molecule is CCC(=O)[C@@H]1CCCN1c1cc(Cl)nc(-c2cnc3ccc(F)cn23)n1. The maximum Gasteiger partial charge on any atom is 0.181 e. The average Bonchev–Trinajstić information content (AvgIpc) is 3.27. The van der Waals surface area contributed by atoms with E-state index in [1.165, 1.54) is 12.3 Å². The number of pyridine rings is 1. The Hall–Kier alpha value is -2.54. The Bertz CT molecular complexity index is 989. The first kappa shape index (κ1) is 16.9. The molecule has 0 aliphatic carbocycles. The fourth-order valence-electron chi connectivity index (χ4n) is 3.40. The van der Waals surface area contributed by atoms with Gasteiger partial charge in [-0.1, -0.05) is 18.5 Å². The summed E-state index contributed by atoms with van der Waals surface area (Å²) >= 11 is 6.22. The third kappa shape index (κ3) is 2.92. The number of imidazole rings is 1. The van der Waals surface area contributed by atoms with E-state index in [1.54, 1.807) is 22.7 Å². The monoisotopic (exact) mass is 373 g/mol. The Morgan fingerprint density at radius 1 is 1.38 bits per heavy atom. The molecular formula is C18H17ClFN5O. The highest BCUT2D eigenvalue weighted by Gasteiger charge is 2.31. The zero-order valence-corrected chi connectivity index (χ0v) is 14.9. The van der Waals surface area contributed by atoms with Crippen molar-refractivity contribution in [3.05, 3.63) is 41.6 Å². The highest BCUT2D eigenvalue weighted by atomic mass is 35.5. The molecule has 0 bridgehead atoms. The van der Waals surface area contributed by atoms with Gasteiger partial charge in [-0.25, -0.2) is 19.3 Å². The quantitative estimate of drug-likeness (QED) is 0.654. The molecule has 4 rings (SSSR count). The summed E-state index contributed by atoms with van der Waals surface area (Å²) in [6, 6.07) is 4.41. The van der Waals surface area contributed by atoms with E-state index >= 15 is 0 Å². The molecular weight excluding hydrogens is 357 g/mol. The average molecular weight is 374 g/mol. The van der Waals surface area contributed by atoms with Gasteiger partial charge in [0, 0.05) is 25.2 Å². The number of rotatable bonds is 4. The molecule has 0 radical (unpaired) electrons. The smallest absolute Gasteiger partial charge is 0.181 e. The van der Waals surface area contributed by atoms with Gasteiger partial charge in [0.1, 0.15) is 28.1 Å². The lowest BCUT2D eigenvalue weighted by Crippen LogP contribution is -2.36. The summed E-state index contributed by atoms with van der Waals surface area (Å²) in [5.74, 6) is 0.763. The van der Waals surface area contributed by atoms with Gasteiger partial charge in [-0.15, -0.1) is 0 Å². The van der Waals surface area contributed by atoms with E-state index in [-0.39, 0.29) is 22.8 Å². The Morgan fingerprint density at radius 2 is 2.23 bits per heavy atom. The van der Waals surface area contributed by atoms with Crippen LogP contribution in [0.2, 0.25) is 5.15 Å². The molecule has 1 fully saturated rings. The molecule has 0 aromatic carbocycles. The van der Waals surface area contributed by atoms with Crippen LogP contribution in [-0.2, 0) is 4.79 Å². The number of aromatic nitrogens is 4. The van der Waals surface area contributed by atoms with E-state index in [9.17, 15) is 9.18 Å². The Balaban J connectivity index is 1.79. The van der Waals surface area contributed by atoms with Crippen LogP contribution in [0, 0.1) is 5.82 Å². The third-order valence-electron chi connectivity index (χ3n) is 4.65. The largest absolute Gasteiger partial charge is 0.346 e. The molecule has 0 amide bonds. The van der Waals surface area contributed by atoms with Gasteiger partial charge in [-0.05, 0) is 25.0 Å². The summed E-state index contributed by atoms with van der Waals surface area (Å²) in [6.07, 6.45) is 5.14. The standard InChI is InChI=1S/C18H17ClFN5O/c1-2-14(26)12-4-3-7-24(12)17-8-15(19)22-18(23-17)13-9-21-16-6-5-11(20)10-25(13)16/h5-6,8-10,12H,2-4,7H2,1H3/t12-/m0/s1. The molecule has 0 spiro atoms. The van der Waals surface area contributed by atoms with Crippen LogP contribution in [0.1, 0.15) is 26.2 Å². The molecule has 1 aliphatic rings. The van der Waals surface area contributed by atoms with Crippen molar-refractivity contribution in [3.63, 3.8) is 0 Å². The van der Waals surface area contributed by atoms with Gasteiger partial charge in [0.05, 0.1) is 12.2 Å². The van der Waals surface area contributed by atoms with Crippen LogP contribution in [0.4, 0.5) is 10.2 Å². The van der Waals surface area contributed by atoms with Crippen LogP contribution in [-0.4, -0.2) is 37.7 Å². The number of hydrogen-bond donors (Lipinski definition) is 0. The van der Waals surface area contributed by atoms with Crippen molar-refractivity contribution in [3.8, 4) is 11.5 Å². The molecule has 8 heteroatoms. The minimum Gasteiger partial charge on any atom is -0.346 e. The molecule has 26 heavy (non-hydrogen) atoms. The van der Waals surface area contributed by atoms with Gasteiger partial charge >= 0.3 is 0 Å². The van der Waals surface area contributed by atoms with Crippen molar-refractivity contribution in [1.82, 2.24) is 19.4 Å². The van der Waals surface area contributed by atoms with Gasteiger partial charge in [-0.3, -0.25) is 9.20 Å². The van der Waals surface area contributed by atoms with E-state index in [0.29, 0.717) is 29.4 Å². The lowest BCUT2D eigenvalue weighted by atomic mass is 10.1. The summed E-state index contributed by atoms with van der Waals surface area (Å²) in [6.45, 7) is 2.61. The lowest BCUT2D eigenvalue weighted by molar-refractivity contribution is -0.119. The molecule has 1 saturated heterocycles. The van der Waals surface area contributed by atoms with Crippen LogP contribution >= 0.6 is 11.6 Å². The number of Topliss-reactive ketones (excluding diaryl/α,β-unsaturated/α-hetero) is 1. The van der Waals surface area contributed by atoms with E-state index in [1.807, 2.05) is 11.8 Å². The maximum atomic E-state index is 13.6. The zero-order chi connectivity index (χ0) is 18.3. The fourth-order valence-corrected chi connectivity index (χ4v) is 3.58. The van der Waals surface area contributed by atoms with Crippen LogP contribution in [0.3, 0.4) is 0 Å². The first-order valence-corrected chi connectivity index (χ1v) is 8.91. The number of hydrogen-bond acceptors (Lipinski definition) is 5. The predicted octanol–water partition coefficient (Wildman–Crippen LogP) is 3.53. The number of anilines is 1. The Morgan fingerprint density at radius 3 is 3.04 bits per heavy atom. The zero-order valence-electron chi connectivity index (χ0n) is 14.2. The minimum absolute atomic E-state index is 0.182. The first-order valence-electron chi connectivity index (χ1n) is 8.53. The Labute approximate surface area is 154 Å². The highest BCUT2D eigenvalue weighted by Crippen LogP contribution is 2.29. The molecule has 4 heterocycles. The Kier molecular flexibility index (Phi) is 4.32. The summed E-state index contributed by atoms with van der Waals surface area (Å²) in [7, 11) is 0. The van der Waals surface area contributed by atoms with Crippen LogP contribution in [0.5, 0.6) is 0 Å². The van der Waals surface area contributed by atoms with Gasteiger partial charge in [0.2, 0.25) is 0 Å². The van der Waals surface area contributed by atoms with E-state index in [4.69, 9.17) is 11.6 Å². The molecule has 134 valence electrons. The number of nitrogens with zero attached hydrogens (tertiary/aromatic N) is 5. The van der Waals surface area contributed by atoms with Gasteiger partial charge in [-0.2, -0.15) is 0 Å². The van der Waals surface area contributed by atoms with E-state index in [2.05, 4.69) is 15.0 Å². The highest BCUT2D eigenvalue weighted by molar-refractivity contribution is 6.29. The number of ketones is 1. The molecule has 1 atom stereocenters. The van der Waals surface area contributed by atoms with Crippen molar-refractivity contribution >= 4 is 28.8 Å². The molecule has 6 nitrogen and oxygen atoms in total. The van der Waals surface area contributed by atoms with Gasteiger partial charge in [0.25, 0.3) is 0 Å². The fraction of sp³-hybridized carbons (Fsp3) is 0.333. The van der Waals surface area contributed by atoms with Crippen molar-refractivity contribution in [2.24, 2.45) is 0 Å². The van der Waals surface area contributed by atoms with Crippen molar-refractivity contribution in [2.75, 3.05) is 11.4 Å². The predicted molar refractivity (Wildman–Crippen MR) is 96.9 cm³/mol. The summed E-state index contributed by atoms with van der Waals surface area (Å²) < 4.78 is 15.2. The molecule has 1 aliphatic heterocycles. The molecule has 3 aromatic heterocycles. The molecule has 0 unspecified atom stereocenters. The third-order valence-corrected chi connectivity index (χ3v) is 4.84. The van der Waals surface area contributed by atoms with Crippen LogP contribution in [0.25, 0.3) is 17.2 Å². The van der Waals surface area contributed by atoms with Crippen molar-refractivity contribution in [1.29, 1.82) is 0 Å². The molecule has 0 N–H and O–H groups in total. The maximum absolute atomic E-state index is 13.6. The van der Waals surface area contributed by atoms with E-state index in [0.717, 1.165) is 19.4 Å². The molecule has 3 aromatic rings. The number of fused-ring (bicyclic) bond motifs is 1. The number of carbonyl (C=O) groups excluding carboxylic acids is 1. The number of carbonyl (C=O) groups is 1.